The number of nitrogens with one attached hydrogen (secondary N) is 2. The van der Waals surface area contributed by atoms with Crippen LogP contribution in [0, 0.1) is 0 Å². The molecule has 22 heavy (non-hydrogen) atoms. The average molecular weight is 371 g/mol. The molecule has 0 saturated carbocycles. The molecule has 1 aromatic rings. The van der Waals surface area contributed by atoms with Gasteiger partial charge in [-0.05, 0) is 44.9 Å². The van der Waals surface area contributed by atoms with Crippen molar-refractivity contribution in [3.63, 3.8) is 0 Å². The first-order valence-corrected chi connectivity index (χ1v) is 8.03. The molecule has 0 aliphatic carbocycles. The largest absolute Gasteiger partial charge is 0.444 e. The van der Waals surface area contributed by atoms with Gasteiger partial charge in [0.15, 0.2) is 0 Å². The van der Waals surface area contributed by atoms with E-state index in [1.807, 2.05) is 45.0 Å². The third-order valence-corrected chi connectivity index (χ3v) is 3.12. The van der Waals surface area contributed by atoms with E-state index in [0.29, 0.717) is 25.9 Å². The number of ether oxygens (including phenoxy) is 1. The Labute approximate surface area is 139 Å². The fourth-order valence-electron chi connectivity index (χ4n) is 1.69. The normalized spacial score (nSPS) is 10.9. The number of alkyl carbamates (subject to hydrolysis) is 1. The van der Waals surface area contributed by atoms with Gasteiger partial charge in [-0.1, -0.05) is 28.1 Å². The first-order valence-electron chi connectivity index (χ1n) is 7.24. The summed E-state index contributed by atoms with van der Waals surface area (Å²) in [4.78, 5) is 23.1. The Morgan fingerprint density at radius 3 is 2.59 bits per heavy atom. The predicted octanol–water partition coefficient (Wildman–Crippen LogP) is 3.37. The van der Waals surface area contributed by atoms with Crippen LogP contribution in [0.15, 0.2) is 28.7 Å². The summed E-state index contributed by atoms with van der Waals surface area (Å²) in [5.74, 6) is -0.0361. The summed E-state index contributed by atoms with van der Waals surface area (Å²) in [5, 5.41) is 5.48. The zero-order valence-corrected chi connectivity index (χ0v) is 14.8. The van der Waals surface area contributed by atoms with Gasteiger partial charge in [-0.3, -0.25) is 4.79 Å². The van der Waals surface area contributed by atoms with Crippen LogP contribution in [0.25, 0.3) is 0 Å². The van der Waals surface area contributed by atoms with Crippen LogP contribution in [0.3, 0.4) is 0 Å². The smallest absolute Gasteiger partial charge is 0.407 e. The van der Waals surface area contributed by atoms with Gasteiger partial charge in [0, 0.05) is 24.0 Å². The number of hydrogen-bond acceptors (Lipinski definition) is 3. The van der Waals surface area contributed by atoms with Crippen molar-refractivity contribution in [1.82, 2.24) is 10.6 Å². The van der Waals surface area contributed by atoms with Crippen LogP contribution in [0.4, 0.5) is 4.79 Å². The highest BCUT2D eigenvalue weighted by Gasteiger charge is 2.15. The monoisotopic (exact) mass is 370 g/mol. The highest BCUT2D eigenvalue weighted by atomic mass is 79.9. The van der Waals surface area contributed by atoms with Gasteiger partial charge in [0.25, 0.3) is 0 Å². The molecule has 0 heterocycles. The molecule has 0 unspecified atom stereocenters. The standard InChI is InChI=1S/C16H23BrN2O3/c1-16(2,3)22-15(21)18-9-5-8-14(20)19-11-12-6-4-7-13(17)10-12/h4,6-7,10H,5,8-9,11H2,1-3H3,(H,18,21)(H,19,20). The molecule has 5 nitrogen and oxygen atoms in total. The van der Waals surface area contributed by atoms with E-state index in [2.05, 4.69) is 26.6 Å². The Morgan fingerprint density at radius 1 is 1.23 bits per heavy atom. The Hall–Kier alpha value is -1.56. The molecular weight excluding hydrogens is 348 g/mol. The lowest BCUT2D eigenvalue weighted by molar-refractivity contribution is -0.121. The number of halogens is 1. The maximum Gasteiger partial charge on any atom is 0.407 e. The first kappa shape index (κ1) is 18.5. The Morgan fingerprint density at radius 2 is 1.95 bits per heavy atom. The van der Waals surface area contributed by atoms with E-state index >= 15 is 0 Å². The highest BCUT2D eigenvalue weighted by molar-refractivity contribution is 9.10. The molecule has 0 bridgehead atoms. The molecule has 1 aromatic carbocycles. The second-order valence-corrected chi connectivity index (χ2v) is 6.85. The van der Waals surface area contributed by atoms with E-state index in [4.69, 9.17) is 4.74 Å². The van der Waals surface area contributed by atoms with E-state index in [9.17, 15) is 9.59 Å². The van der Waals surface area contributed by atoms with Crippen molar-refractivity contribution in [3.8, 4) is 0 Å². The lowest BCUT2D eigenvalue weighted by atomic mass is 10.2. The predicted molar refractivity (Wildman–Crippen MR) is 89.5 cm³/mol. The topological polar surface area (TPSA) is 67.4 Å². The van der Waals surface area contributed by atoms with Gasteiger partial charge in [-0.2, -0.15) is 0 Å². The van der Waals surface area contributed by atoms with Crippen molar-refractivity contribution >= 4 is 27.9 Å². The number of hydrogen-bond donors (Lipinski definition) is 2. The van der Waals surface area contributed by atoms with Crippen molar-refractivity contribution in [2.24, 2.45) is 0 Å². The van der Waals surface area contributed by atoms with Crippen LogP contribution in [0.5, 0.6) is 0 Å². The number of rotatable bonds is 6. The summed E-state index contributed by atoms with van der Waals surface area (Å²) in [7, 11) is 0. The van der Waals surface area contributed by atoms with E-state index < -0.39 is 11.7 Å². The van der Waals surface area contributed by atoms with E-state index in [1.54, 1.807) is 0 Å². The molecule has 2 N–H and O–H groups in total. The summed E-state index contributed by atoms with van der Waals surface area (Å²) < 4.78 is 6.09. The molecule has 1 rings (SSSR count). The van der Waals surface area contributed by atoms with Gasteiger partial charge in [-0.15, -0.1) is 0 Å². The molecule has 0 radical (unpaired) electrons. The summed E-state index contributed by atoms with van der Waals surface area (Å²) in [6.07, 6.45) is 0.481. The van der Waals surface area contributed by atoms with Gasteiger partial charge >= 0.3 is 6.09 Å². The zero-order chi connectivity index (χ0) is 16.6. The Kier molecular flexibility index (Phi) is 7.38. The van der Waals surface area contributed by atoms with Crippen LogP contribution < -0.4 is 10.6 Å². The number of carbonyl (C=O) groups excluding carboxylic acids is 2. The number of benzene rings is 1. The van der Waals surface area contributed by atoms with E-state index in [-0.39, 0.29) is 5.91 Å². The molecule has 0 aliphatic rings. The SMILES string of the molecule is CC(C)(C)OC(=O)NCCCC(=O)NCc1cccc(Br)c1. The minimum Gasteiger partial charge on any atom is -0.444 e. The summed E-state index contributed by atoms with van der Waals surface area (Å²) in [6.45, 7) is 6.34. The molecule has 0 aliphatic heterocycles. The molecule has 0 atom stereocenters. The third-order valence-electron chi connectivity index (χ3n) is 2.63. The Balaban J connectivity index is 2.15. The van der Waals surface area contributed by atoms with Crippen LogP contribution in [-0.4, -0.2) is 24.1 Å². The minimum absolute atomic E-state index is 0.0361. The van der Waals surface area contributed by atoms with Crippen molar-refractivity contribution < 1.29 is 14.3 Å². The van der Waals surface area contributed by atoms with Gasteiger partial charge in [-0.25, -0.2) is 4.79 Å². The molecule has 0 fully saturated rings. The minimum atomic E-state index is -0.509. The fraction of sp³-hybridized carbons (Fsp3) is 0.500. The highest BCUT2D eigenvalue weighted by Crippen LogP contribution is 2.11. The van der Waals surface area contributed by atoms with Crippen LogP contribution in [0.1, 0.15) is 39.2 Å². The van der Waals surface area contributed by atoms with Gasteiger partial charge in [0.2, 0.25) is 5.91 Å². The number of amides is 2. The van der Waals surface area contributed by atoms with Gasteiger partial charge in [0.1, 0.15) is 5.60 Å². The molecule has 6 heteroatoms. The fourth-order valence-corrected chi connectivity index (χ4v) is 2.14. The summed E-state index contributed by atoms with van der Waals surface area (Å²) in [6, 6.07) is 7.78. The van der Waals surface area contributed by atoms with Gasteiger partial charge in [0.05, 0.1) is 0 Å². The van der Waals surface area contributed by atoms with Crippen LogP contribution in [-0.2, 0) is 16.1 Å². The second-order valence-electron chi connectivity index (χ2n) is 5.94. The van der Waals surface area contributed by atoms with Crippen molar-refractivity contribution in [2.45, 2.75) is 45.8 Å². The first-order chi connectivity index (χ1) is 10.3. The lowest BCUT2D eigenvalue weighted by Gasteiger charge is -2.19. The third kappa shape index (κ3) is 8.67. The van der Waals surface area contributed by atoms with Crippen molar-refractivity contribution in [3.05, 3.63) is 34.3 Å². The molecule has 0 aromatic heterocycles. The van der Waals surface area contributed by atoms with Crippen LogP contribution >= 0.6 is 15.9 Å². The maximum absolute atomic E-state index is 11.7. The molecule has 0 spiro atoms. The average Bonchev–Trinajstić information content (AvgIpc) is 2.39. The van der Waals surface area contributed by atoms with Gasteiger partial charge < -0.3 is 15.4 Å². The number of carbonyl (C=O) groups is 2. The van der Waals surface area contributed by atoms with Crippen molar-refractivity contribution in [2.75, 3.05) is 6.54 Å². The van der Waals surface area contributed by atoms with E-state index in [1.165, 1.54) is 0 Å². The maximum atomic E-state index is 11.7. The van der Waals surface area contributed by atoms with E-state index in [0.717, 1.165) is 10.0 Å². The molecular formula is C16H23BrN2O3. The summed E-state index contributed by atoms with van der Waals surface area (Å²) >= 11 is 3.39. The zero-order valence-electron chi connectivity index (χ0n) is 13.2. The lowest BCUT2D eigenvalue weighted by Crippen LogP contribution is -2.33. The second kappa shape index (κ2) is 8.78. The molecule has 0 saturated heterocycles. The molecule has 122 valence electrons. The van der Waals surface area contributed by atoms with Crippen LogP contribution in [0.2, 0.25) is 0 Å². The van der Waals surface area contributed by atoms with Crippen molar-refractivity contribution in [1.29, 1.82) is 0 Å². The molecule has 2 amide bonds. The Bertz CT molecular complexity index is 512. The quantitative estimate of drug-likeness (QED) is 0.754. The summed E-state index contributed by atoms with van der Waals surface area (Å²) in [5.41, 5.74) is 0.528.